The van der Waals surface area contributed by atoms with E-state index in [9.17, 15) is 0 Å². The molecule has 4 nitrogen and oxygen atoms in total. The van der Waals surface area contributed by atoms with Gasteiger partial charge in [-0.2, -0.15) is 0 Å². The minimum atomic E-state index is 0.535. The first-order valence-corrected chi connectivity index (χ1v) is 6.95. The van der Waals surface area contributed by atoms with Crippen LogP contribution in [0.25, 0.3) is 0 Å². The highest BCUT2D eigenvalue weighted by molar-refractivity contribution is 5.43. The van der Waals surface area contributed by atoms with Crippen LogP contribution in [-0.2, 0) is 13.0 Å². The Kier molecular flexibility index (Phi) is 7.94. The third-order valence-electron chi connectivity index (χ3n) is 2.90. The zero-order valence-corrected chi connectivity index (χ0v) is 12.7. The Morgan fingerprint density at radius 1 is 0.905 bits per heavy atom. The van der Waals surface area contributed by atoms with Crippen LogP contribution in [0.4, 0.5) is 0 Å². The zero-order chi connectivity index (χ0) is 15.5. The van der Waals surface area contributed by atoms with Gasteiger partial charge in [-0.1, -0.05) is 36.4 Å². The summed E-state index contributed by atoms with van der Waals surface area (Å²) in [6.07, 6.45) is 0.843. The molecule has 0 saturated heterocycles. The van der Waals surface area contributed by atoms with Gasteiger partial charge in [0, 0.05) is 0 Å². The number of methoxy groups -OCH3 is 1. The molecule has 0 aromatic heterocycles. The summed E-state index contributed by atoms with van der Waals surface area (Å²) in [5.41, 5.74) is 12.3. The molecule has 0 aliphatic rings. The molecule has 114 valence electrons. The molecule has 0 spiro atoms. The molecule has 0 aliphatic carbocycles. The zero-order valence-electron chi connectivity index (χ0n) is 12.7. The van der Waals surface area contributed by atoms with Crippen molar-refractivity contribution < 1.29 is 9.47 Å². The molecule has 0 amide bonds. The Morgan fingerprint density at radius 3 is 2.24 bits per heavy atom. The molecule has 2 rings (SSSR count). The van der Waals surface area contributed by atoms with Gasteiger partial charge in [0.25, 0.3) is 0 Å². The summed E-state index contributed by atoms with van der Waals surface area (Å²) in [5.74, 6) is 1.51. The van der Waals surface area contributed by atoms with E-state index in [2.05, 4.69) is 5.73 Å². The smallest absolute Gasteiger partial charge is 0.161 e. The largest absolute Gasteiger partial charge is 0.493 e. The maximum Gasteiger partial charge on any atom is 0.161 e. The number of rotatable bonds is 6. The first-order chi connectivity index (χ1) is 10.3. The topological polar surface area (TPSA) is 70.5 Å². The lowest BCUT2D eigenvalue weighted by molar-refractivity contribution is 0.284. The minimum Gasteiger partial charge on any atom is -0.493 e. The van der Waals surface area contributed by atoms with Gasteiger partial charge >= 0.3 is 0 Å². The standard InChI is InChI=1S/C16H19NO2.CH5N/c1-18-16-11-13(9-10-17)7-8-15(16)19-12-14-5-3-2-4-6-14;1-2/h2-8,11H,9-10,12,17H2,1H3;2H2,1H3. The molecule has 0 bridgehead atoms. The third-order valence-corrected chi connectivity index (χ3v) is 2.90. The summed E-state index contributed by atoms with van der Waals surface area (Å²) in [4.78, 5) is 0. The average Bonchev–Trinajstić information content (AvgIpc) is 2.56. The molecule has 0 fully saturated rings. The van der Waals surface area contributed by atoms with Crippen LogP contribution in [0.15, 0.2) is 48.5 Å². The van der Waals surface area contributed by atoms with E-state index < -0.39 is 0 Å². The molecule has 0 atom stereocenters. The third kappa shape index (κ3) is 5.45. The molecular formula is C17H24N2O2. The van der Waals surface area contributed by atoms with Crippen molar-refractivity contribution in [3.8, 4) is 11.5 Å². The molecule has 0 heterocycles. The van der Waals surface area contributed by atoms with Gasteiger partial charge in [-0.25, -0.2) is 0 Å². The SMILES string of the molecule is CN.COc1cc(CCN)ccc1OCc1ccccc1. The van der Waals surface area contributed by atoms with Gasteiger partial charge in [0.05, 0.1) is 7.11 Å². The summed E-state index contributed by atoms with van der Waals surface area (Å²) < 4.78 is 11.1. The van der Waals surface area contributed by atoms with E-state index in [1.807, 2.05) is 48.5 Å². The predicted molar refractivity (Wildman–Crippen MR) is 86.6 cm³/mol. The van der Waals surface area contributed by atoms with E-state index >= 15 is 0 Å². The molecule has 4 N–H and O–H groups in total. The molecule has 2 aromatic rings. The first kappa shape index (κ1) is 17.0. The highest BCUT2D eigenvalue weighted by atomic mass is 16.5. The van der Waals surface area contributed by atoms with Crippen molar-refractivity contribution in [2.45, 2.75) is 13.0 Å². The van der Waals surface area contributed by atoms with Crippen LogP contribution < -0.4 is 20.9 Å². The minimum absolute atomic E-state index is 0.535. The van der Waals surface area contributed by atoms with Gasteiger partial charge in [0.2, 0.25) is 0 Å². The lowest BCUT2D eigenvalue weighted by Crippen LogP contribution is -2.03. The number of hydrogen-bond donors (Lipinski definition) is 2. The van der Waals surface area contributed by atoms with E-state index in [1.54, 1.807) is 7.11 Å². The molecule has 0 saturated carbocycles. The maximum absolute atomic E-state index is 5.79. The van der Waals surface area contributed by atoms with Crippen LogP contribution in [0.1, 0.15) is 11.1 Å². The maximum atomic E-state index is 5.79. The summed E-state index contributed by atoms with van der Waals surface area (Å²) in [6.45, 7) is 1.17. The van der Waals surface area contributed by atoms with Gasteiger partial charge in [-0.15, -0.1) is 0 Å². The van der Waals surface area contributed by atoms with Crippen LogP contribution in [-0.4, -0.2) is 20.7 Å². The van der Waals surface area contributed by atoms with Crippen LogP contribution >= 0.6 is 0 Å². The number of nitrogens with two attached hydrogens (primary N) is 2. The molecule has 21 heavy (non-hydrogen) atoms. The van der Waals surface area contributed by atoms with Crippen molar-refractivity contribution in [2.24, 2.45) is 11.5 Å². The summed E-state index contributed by atoms with van der Waals surface area (Å²) >= 11 is 0. The number of benzene rings is 2. The highest BCUT2D eigenvalue weighted by Crippen LogP contribution is 2.28. The monoisotopic (exact) mass is 288 g/mol. The van der Waals surface area contributed by atoms with E-state index in [4.69, 9.17) is 15.2 Å². The van der Waals surface area contributed by atoms with E-state index in [-0.39, 0.29) is 0 Å². The average molecular weight is 288 g/mol. The lowest BCUT2D eigenvalue weighted by atomic mass is 10.1. The van der Waals surface area contributed by atoms with Gasteiger partial charge in [0.1, 0.15) is 6.61 Å². The van der Waals surface area contributed by atoms with Crippen LogP contribution in [0.2, 0.25) is 0 Å². The molecular weight excluding hydrogens is 264 g/mol. The van der Waals surface area contributed by atoms with Crippen molar-refractivity contribution in [1.29, 1.82) is 0 Å². The fourth-order valence-corrected chi connectivity index (χ4v) is 1.89. The van der Waals surface area contributed by atoms with Gasteiger partial charge in [-0.05, 0) is 43.3 Å². The van der Waals surface area contributed by atoms with Gasteiger partial charge in [0.15, 0.2) is 11.5 Å². The fraction of sp³-hybridized carbons (Fsp3) is 0.294. The Labute approximate surface area is 126 Å². The normalized spacial score (nSPS) is 9.52. The second kappa shape index (κ2) is 9.80. The Hall–Kier alpha value is -2.04. The van der Waals surface area contributed by atoms with E-state index in [0.29, 0.717) is 13.2 Å². The summed E-state index contributed by atoms with van der Waals surface area (Å²) in [6, 6.07) is 16.0. The molecule has 4 heteroatoms. The van der Waals surface area contributed by atoms with Crippen molar-refractivity contribution in [3.05, 3.63) is 59.7 Å². The highest BCUT2D eigenvalue weighted by Gasteiger charge is 2.05. The Morgan fingerprint density at radius 2 is 1.62 bits per heavy atom. The van der Waals surface area contributed by atoms with E-state index in [0.717, 1.165) is 29.0 Å². The van der Waals surface area contributed by atoms with Crippen molar-refractivity contribution >= 4 is 0 Å². The van der Waals surface area contributed by atoms with Crippen molar-refractivity contribution in [2.75, 3.05) is 20.7 Å². The summed E-state index contributed by atoms with van der Waals surface area (Å²) in [7, 11) is 3.15. The molecule has 0 unspecified atom stereocenters. The molecule has 0 radical (unpaired) electrons. The van der Waals surface area contributed by atoms with Gasteiger partial charge in [-0.3, -0.25) is 0 Å². The van der Waals surface area contributed by atoms with E-state index in [1.165, 1.54) is 7.05 Å². The van der Waals surface area contributed by atoms with Crippen LogP contribution in [0.5, 0.6) is 11.5 Å². The summed E-state index contributed by atoms with van der Waals surface area (Å²) in [5, 5.41) is 0. The molecule has 2 aromatic carbocycles. The predicted octanol–water partition coefficient (Wildman–Crippen LogP) is 2.35. The second-order valence-corrected chi connectivity index (χ2v) is 4.30. The Bertz CT molecular complexity index is 515. The van der Waals surface area contributed by atoms with Crippen LogP contribution in [0, 0.1) is 0 Å². The quantitative estimate of drug-likeness (QED) is 0.856. The molecule has 0 aliphatic heterocycles. The number of ether oxygens (including phenoxy) is 2. The van der Waals surface area contributed by atoms with Crippen LogP contribution in [0.3, 0.4) is 0 Å². The Balaban J connectivity index is 0.00000106. The second-order valence-electron chi connectivity index (χ2n) is 4.30. The lowest BCUT2D eigenvalue weighted by Gasteiger charge is -2.12. The fourth-order valence-electron chi connectivity index (χ4n) is 1.89. The van der Waals surface area contributed by atoms with Crippen molar-refractivity contribution in [1.82, 2.24) is 0 Å². The van der Waals surface area contributed by atoms with Crippen molar-refractivity contribution in [3.63, 3.8) is 0 Å². The first-order valence-electron chi connectivity index (χ1n) is 6.95. The van der Waals surface area contributed by atoms with Gasteiger partial charge < -0.3 is 20.9 Å². The number of hydrogen-bond acceptors (Lipinski definition) is 4.